The first-order valence-electron chi connectivity index (χ1n) is 9.44. The molecule has 1 aliphatic carbocycles. The Balaban J connectivity index is 1.75. The van der Waals surface area contributed by atoms with Crippen LogP contribution in [0.15, 0.2) is 12.5 Å². The summed E-state index contributed by atoms with van der Waals surface area (Å²) in [6.45, 7) is 1.03. The highest BCUT2D eigenvalue weighted by Gasteiger charge is 2.43. The molecular weight excluding hydrogens is 318 g/mol. The van der Waals surface area contributed by atoms with Gasteiger partial charge in [0.15, 0.2) is 0 Å². The molecule has 0 N–H and O–H groups in total. The van der Waals surface area contributed by atoms with Crippen LogP contribution in [0.2, 0.25) is 0 Å². The number of esters is 1. The van der Waals surface area contributed by atoms with Crippen LogP contribution in [0.5, 0.6) is 0 Å². The van der Waals surface area contributed by atoms with Crippen LogP contribution in [0.3, 0.4) is 0 Å². The van der Waals surface area contributed by atoms with E-state index in [1.165, 1.54) is 26.4 Å². The van der Waals surface area contributed by atoms with Gasteiger partial charge in [0.2, 0.25) is 5.91 Å². The first-order chi connectivity index (χ1) is 12.1. The van der Waals surface area contributed by atoms with Gasteiger partial charge in [-0.25, -0.2) is 4.98 Å². The Kier molecular flexibility index (Phi) is 5.76. The molecule has 0 spiro atoms. The van der Waals surface area contributed by atoms with Crippen molar-refractivity contribution >= 4 is 11.9 Å². The molecule has 0 radical (unpaired) electrons. The fraction of sp³-hybridized carbons (Fsp3) is 0.737. The lowest BCUT2D eigenvalue weighted by Crippen LogP contribution is -2.35. The Bertz CT molecular complexity index is 605. The van der Waals surface area contributed by atoms with Crippen LogP contribution in [0.25, 0.3) is 0 Å². The van der Waals surface area contributed by atoms with Crippen molar-refractivity contribution in [3.63, 3.8) is 0 Å². The number of methoxy groups -OCH3 is 1. The smallest absolute Gasteiger partial charge is 0.311 e. The largest absolute Gasteiger partial charge is 0.469 e. The van der Waals surface area contributed by atoms with Crippen molar-refractivity contribution in [2.75, 3.05) is 20.2 Å². The summed E-state index contributed by atoms with van der Waals surface area (Å²) >= 11 is 0. The number of likely N-dealkylation sites (tertiary alicyclic amines) is 1. The minimum Gasteiger partial charge on any atom is -0.469 e. The van der Waals surface area contributed by atoms with Gasteiger partial charge in [-0.15, -0.1) is 0 Å². The minimum absolute atomic E-state index is 0.0440. The van der Waals surface area contributed by atoms with Gasteiger partial charge >= 0.3 is 5.97 Å². The third kappa shape index (κ3) is 3.88. The molecular formula is C19H29N3O3. The van der Waals surface area contributed by atoms with Crippen LogP contribution in [-0.4, -0.2) is 46.5 Å². The maximum atomic E-state index is 13.1. The van der Waals surface area contributed by atoms with Crippen LogP contribution < -0.4 is 0 Å². The number of carbonyl (C=O) groups is 2. The SMILES string of the molecule is COC(=O)[C@@H]1CN(C(=O)C2CCCCCCC2)C[C@H]1c1cncn1C. The molecule has 6 nitrogen and oxygen atoms in total. The van der Waals surface area contributed by atoms with E-state index in [1.54, 1.807) is 12.5 Å². The second kappa shape index (κ2) is 8.02. The molecule has 25 heavy (non-hydrogen) atoms. The molecule has 3 rings (SSSR count). The highest BCUT2D eigenvalue weighted by molar-refractivity contribution is 5.82. The Morgan fingerprint density at radius 1 is 1.12 bits per heavy atom. The maximum Gasteiger partial charge on any atom is 0.311 e. The van der Waals surface area contributed by atoms with Crippen molar-refractivity contribution in [3.8, 4) is 0 Å². The normalized spacial score (nSPS) is 25.4. The number of amides is 1. The van der Waals surface area contributed by atoms with E-state index in [4.69, 9.17) is 4.74 Å². The van der Waals surface area contributed by atoms with Crippen LogP contribution in [0, 0.1) is 11.8 Å². The predicted molar refractivity (Wildman–Crippen MR) is 93.8 cm³/mol. The van der Waals surface area contributed by atoms with Gasteiger partial charge in [0.05, 0.1) is 19.4 Å². The monoisotopic (exact) mass is 347 g/mol. The topological polar surface area (TPSA) is 64.4 Å². The number of hydrogen-bond acceptors (Lipinski definition) is 4. The number of rotatable bonds is 3. The second-order valence-corrected chi connectivity index (χ2v) is 7.45. The van der Waals surface area contributed by atoms with Crippen molar-refractivity contribution in [1.82, 2.24) is 14.5 Å². The fourth-order valence-electron chi connectivity index (χ4n) is 4.36. The van der Waals surface area contributed by atoms with Crippen molar-refractivity contribution in [1.29, 1.82) is 0 Å². The van der Waals surface area contributed by atoms with E-state index in [0.717, 1.165) is 31.4 Å². The van der Waals surface area contributed by atoms with Gasteiger partial charge in [-0.1, -0.05) is 32.1 Å². The van der Waals surface area contributed by atoms with Gasteiger partial charge in [0, 0.05) is 43.9 Å². The third-order valence-corrected chi connectivity index (χ3v) is 5.82. The lowest BCUT2D eigenvalue weighted by Gasteiger charge is -2.25. The van der Waals surface area contributed by atoms with Gasteiger partial charge in [0.1, 0.15) is 0 Å². The molecule has 2 fully saturated rings. The van der Waals surface area contributed by atoms with E-state index >= 15 is 0 Å². The summed E-state index contributed by atoms with van der Waals surface area (Å²) in [5.74, 6) is -0.251. The number of aryl methyl sites for hydroxylation is 1. The maximum absolute atomic E-state index is 13.1. The Hall–Kier alpha value is -1.85. The first kappa shape index (κ1) is 18.0. The standard InChI is InChI=1S/C19H29N3O3/c1-21-13-20-10-17(21)15-11-22(12-16(15)19(24)25-2)18(23)14-8-6-4-3-5-7-9-14/h10,13-16H,3-9,11-12H2,1-2H3/t15-,16-/m1/s1. The van der Waals surface area contributed by atoms with E-state index in [2.05, 4.69) is 4.98 Å². The average molecular weight is 347 g/mol. The van der Waals surface area contributed by atoms with Crippen LogP contribution in [-0.2, 0) is 21.4 Å². The van der Waals surface area contributed by atoms with Crippen LogP contribution in [0.4, 0.5) is 0 Å². The zero-order chi connectivity index (χ0) is 17.8. The first-order valence-corrected chi connectivity index (χ1v) is 9.44. The number of hydrogen-bond donors (Lipinski definition) is 0. The van der Waals surface area contributed by atoms with E-state index in [1.807, 2.05) is 16.5 Å². The summed E-state index contributed by atoms with van der Waals surface area (Å²) in [5, 5.41) is 0. The van der Waals surface area contributed by atoms with Gasteiger partial charge in [-0.3, -0.25) is 9.59 Å². The van der Waals surface area contributed by atoms with Crippen molar-refractivity contribution in [3.05, 3.63) is 18.2 Å². The number of aromatic nitrogens is 2. The highest BCUT2D eigenvalue weighted by Crippen LogP contribution is 2.35. The summed E-state index contributed by atoms with van der Waals surface area (Å²) in [6, 6.07) is 0. The molecule has 2 heterocycles. The molecule has 1 aromatic heterocycles. The Labute approximate surface area is 149 Å². The Morgan fingerprint density at radius 2 is 1.80 bits per heavy atom. The van der Waals surface area contributed by atoms with E-state index in [0.29, 0.717) is 13.1 Å². The van der Waals surface area contributed by atoms with E-state index in [-0.39, 0.29) is 29.6 Å². The van der Waals surface area contributed by atoms with E-state index < -0.39 is 0 Å². The molecule has 2 aliphatic rings. The quantitative estimate of drug-likeness (QED) is 0.788. The summed E-state index contributed by atoms with van der Waals surface area (Å²) in [4.78, 5) is 31.4. The zero-order valence-corrected chi connectivity index (χ0v) is 15.3. The highest BCUT2D eigenvalue weighted by atomic mass is 16.5. The molecule has 2 atom stereocenters. The number of nitrogens with zero attached hydrogens (tertiary/aromatic N) is 3. The molecule has 1 saturated carbocycles. The van der Waals surface area contributed by atoms with Gasteiger partial charge in [0.25, 0.3) is 0 Å². The molecule has 6 heteroatoms. The summed E-state index contributed by atoms with van der Waals surface area (Å²) in [5.41, 5.74) is 0.989. The van der Waals surface area contributed by atoms with Crippen molar-refractivity contribution in [2.24, 2.45) is 18.9 Å². The number of carbonyl (C=O) groups excluding carboxylic acids is 2. The summed E-state index contributed by atoms with van der Waals surface area (Å²) in [6.07, 6.45) is 11.5. The lowest BCUT2D eigenvalue weighted by molar-refractivity contribution is -0.145. The average Bonchev–Trinajstić information content (AvgIpc) is 3.19. The molecule has 1 amide bonds. The van der Waals surface area contributed by atoms with Gasteiger partial charge < -0.3 is 14.2 Å². The van der Waals surface area contributed by atoms with Gasteiger partial charge in [-0.05, 0) is 12.8 Å². The number of ether oxygens (including phenoxy) is 1. The van der Waals surface area contributed by atoms with Crippen LogP contribution in [0.1, 0.15) is 56.6 Å². The molecule has 1 aromatic rings. The zero-order valence-electron chi connectivity index (χ0n) is 15.3. The molecule has 138 valence electrons. The second-order valence-electron chi connectivity index (χ2n) is 7.45. The lowest BCUT2D eigenvalue weighted by atomic mass is 9.90. The van der Waals surface area contributed by atoms with Gasteiger partial charge in [-0.2, -0.15) is 0 Å². The molecule has 0 aromatic carbocycles. The number of imidazole rings is 1. The molecule has 0 unspecified atom stereocenters. The minimum atomic E-state index is -0.307. The van der Waals surface area contributed by atoms with Crippen LogP contribution >= 0.6 is 0 Å². The predicted octanol–water partition coefficient (Wildman–Crippen LogP) is 2.50. The summed E-state index contributed by atoms with van der Waals surface area (Å²) < 4.78 is 6.94. The third-order valence-electron chi connectivity index (χ3n) is 5.82. The van der Waals surface area contributed by atoms with Crippen molar-refractivity contribution in [2.45, 2.75) is 50.9 Å². The molecule has 0 bridgehead atoms. The summed E-state index contributed by atoms with van der Waals surface area (Å²) in [7, 11) is 3.35. The Morgan fingerprint density at radius 3 is 2.40 bits per heavy atom. The molecule has 1 saturated heterocycles. The molecule has 1 aliphatic heterocycles. The van der Waals surface area contributed by atoms with E-state index in [9.17, 15) is 9.59 Å². The van der Waals surface area contributed by atoms with Crippen molar-refractivity contribution < 1.29 is 14.3 Å². The fourth-order valence-corrected chi connectivity index (χ4v) is 4.36.